The minimum absolute atomic E-state index is 0.0228. The van der Waals surface area contributed by atoms with Gasteiger partial charge in [-0.2, -0.15) is 4.31 Å². The Morgan fingerprint density at radius 3 is 2.55 bits per heavy atom. The Kier molecular flexibility index (Phi) is 4.96. The van der Waals surface area contributed by atoms with Crippen molar-refractivity contribution in [2.24, 2.45) is 0 Å². The Bertz CT molecular complexity index is 1180. The first-order chi connectivity index (χ1) is 13.8. The predicted octanol–water partition coefficient (Wildman–Crippen LogP) is 3.21. The third-order valence-corrected chi connectivity index (χ3v) is 7.77. The maximum absolute atomic E-state index is 13.1. The number of aromatic nitrogens is 1. The number of para-hydroxylation sites is 1. The monoisotopic (exact) mass is 412 g/mol. The van der Waals surface area contributed by atoms with E-state index in [2.05, 4.69) is 4.57 Å². The van der Waals surface area contributed by atoms with Crippen molar-refractivity contribution >= 4 is 26.9 Å². The van der Waals surface area contributed by atoms with Crippen molar-refractivity contribution < 1.29 is 18.3 Å². The van der Waals surface area contributed by atoms with Gasteiger partial charge in [-0.3, -0.25) is 4.79 Å². The lowest BCUT2D eigenvalue weighted by molar-refractivity contribution is -0.136. The summed E-state index contributed by atoms with van der Waals surface area (Å²) < 4.78 is 29.8. The summed E-state index contributed by atoms with van der Waals surface area (Å²) in [6.45, 7) is 2.44. The Morgan fingerprint density at radius 1 is 1.17 bits per heavy atom. The molecule has 2 aromatic carbocycles. The summed E-state index contributed by atoms with van der Waals surface area (Å²) in [4.78, 5) is 11.7. The highest BCUT2D eigenvalue weighted by Crippen LogP contribution is 2.33. The topological polar surface area (TPSA) is 79.6 Å². The summed E-state index contributed by atoms with van der Waals surface area (Å²) in [5.74, 6) is -0.856. The fraction of sp³-hybridized carbons (Fsp3) is 0.318. The summed E-state index contributed by atoms with van der Waals surface area (Å²) in [6, 6.07) is 14.5. The Hall–Kier alpha value is -2.64. The number of aliphatic carboxylic acids is 1. The minimum Gasteiger partial charge on any atom is -0.481 e. The molecule has 1 atom stereocenters. The number of carboxylic acid groups (broad SMARTS) is 1. The van der Waals surface area contributed by atoms with Crippen LogP contribution in [0.5, 0.6) is 0 Å². The highest BCUT2D eigenvalue weighted by atomic mass is 32.2. The summed E-state index contributed by atoms with van der Waals surface area (Å²) >= 11 is 0. The number of carbonyl (C=O) groups is 1. The largest absolute Gasteiger partial charge is 0.481 e. The number of carboxylic acids is 1. The summed E-state index contributed by atoms with van der Waals surface area (Å²) in [6.07, 6.45) is 1.28. The number of hydrogen-bond acceptors (Lipinski definition) is 3. The lowest BCUT2D eigenvalue weighted by atomic mass is 10.0. The Labute approximate surface area is 170 Å². The van der Waals surface area contributed by atoms with Crippen molar-refractivity contribution in [1.29, 1.82) is 0 Å². The molecule has 1 aliphatic heterocycles. The molecule has 7 heteroatoms. The van der Waals surface area contributed by atoms with Gasteiger partial charge in [0, 0.05) is 36.2 Å². The van der Waals surface area contributed by atoms with Gasteiger partial charge in [-0.25, -0.2) is 8.42 Å². The van der Waals surface area contributed by atoms with E-state index in [4.69, 9.17) is 0 Å². The number of likely N-dealkylation sites (N-methyl/N-ethyl adjacent to an activating group) is 1. The summed E-state index contributed by atoms with van der Waals surface area (Å²) in [5, 5.41) is 10.3. The molecule has 1 aromatic heterocycles. The molecule has 1 N–H and O–H groups in total. The van der Waals surface area contributed by atoms with E-state index in [0.717, 1.165) is 27.7 Å². The van der Waals surface area contributed by atoms with Gasteiger partial charge < -0.3 is 9.67 Å². The van der Waals surface area contributed by atoms with Crippen LogP contribution in [0, 0.1) is 6.92 Å². The molecule has 152 valence electrons. The van der Waals surface area contributed by atoms with Gasteiger partial charge in [0.1, 0.15) is 0 Å². The third-order valence-electron chi connectivity index (χ3n) is 5.84. The van der Waals surface area contributed by atoms with Crippen LogP contribution in [0.4, 0.5) is 0 Å². The molecule has 0 spiro atoms. The zero-order valence-corrected chi connectivity index (χ0v) is 17.3. The maximum Gasteiger partial charge on any atom is 0.307 e. The zero-order chi connectivity index (χ0) is 20.8. The average Bonchev–Trinajstić information content (AvgIpc) is 3.00. The normalized spacial score (nSPS) is 16.9. The van der Waals surface area contributed by atoms with Crippen molar-refractivity contribution in [2.45, 2.75) is 43.7 Å². The molecule has 4 rings (SSSR count). The molecule has 0 aliphatic carbocycles. The van der Waals surface area contributed by atoms with Crippen LogP contribution in [-0.2, 0) is 34.2 Å². The van der Waals surface area contributed by atoms with Crippen molar-refractivity contribution in [2.75, 3.05) is 7.05 Å². The molecule has 2 heterocycles. The number of nitrogens with zero attached hydrogens (tertiary/aromatic N) is 2. The molecule has 29 heavy (non-hydrogen) atoms. The van der Waals surface area contributed by atoms with Gasteiger partial charge in [0.25, 0.3) is 0 Å². The minimum atomic E-state index is -3.60. The van der Waals surface area contributed by atoms with Crippen LogP contribution in [-0.4, -0.2) is 41.5 Å². The van der Waals surface area contributed by atoms with Crippen LogP contribution in [0.3, 0.4) is 0 Å². The molecule has 0 saturated heterocycles. The number of hydrogen-bond donors (Lipinski definition) is 1. The van der Waals surface area contributed by atoms with E-state index >= 15 is 0 Å². The fourth-order valence-electron chi connectivity index (χ4n) is 4.25. The van der Waals surface area contributed by atoms with Crippen molar-refractivity contribution in [1.82, 2.24) is 8.87 Å². The van der Waals surface area contributed by atoms with Crippen molar-refractivity contribution in [3.63, 3.8) is 0 Å². The van der Waals surface area contributed by atoms with E-state index in [9.17, 15) is 18.3 Å². The van der Waals surface area contributed by atoms with Gasteiger partial charge in [-0.1, -0.05) is 35.9 Å². The molecule has 0 fully saturated rings. The predicted molar refractivity (Wildman–Crippen MR) is 112 cm³/mol. The Morgan fingerprint density at radius 2 is 1.86 bits per heavy atom. The lowest BCUT2D eigenvalue weighted by Gasteiger charge is -2.32. The standard InChI is InChI=1S/C22H24N2O4S/c1-15-7-10-17(11-8-15)29(27,28)23(2)16-9-12-21-19(13-22(25)26)18-5-3-4-6-20(18)24(21)14-16/h3-8,10-11,16H,9,12-14H2,1-2H3,(H,25,26)/t16-/m1/s1. The average molecular weight is 413 g/mol. The number of benzene rings is 2. The fourth-order valence-corrected chi connectivity index (χ4v) is 5.62. The third kappa shape index (κ3) is 3.45. The van der Waals surface area contributed by atoms with E-state index in [1.54, 1.807) is 31.3 Å². The van der Waals surface area contributed by atoms with Gasteiger partial charge in [0.15, 0.2) is 0 Å². The molecular weight excluding hydrogens is 388 g/mol. The van der Waals surface area contributed by atoms with Crippen LogP contribution in [0.2, 0.25) is 0 Å². The molecule has 0 bridgehead atoms. The first-order valence-electron chi connectivity index (χ1n) is 9.64. The summed E-state index contributed by atoms with van der Waals surface area (Å²) in [7, 11) is -1.96. The summed E-state index contributed by atoms with van der Waals surface area (Å²) in [5.41, 5.74) is 3.82. The smallest absolute Gasteiger partial charge is 0.307 e. The van der Waals surface area contributed by atoms with Gasteiger partial charge in [0.2, 0.25) is 10.0 Å². The Balaban J connectivity index is 1.70. The SMILES string of the molecule is Cc1ccc(S(=O)(=O)N(C)[C@@H]2CCc3c(CC(=O)O)c4ccccc4n3C2)cc1. The number of rotatable bonds is 5. The van der Waals surface area contributed by atoms with Crippen LogP contribution in [0.15, 0.2) is 53.4 Å². The van der Waals surface area contributed by atoms with Crippen molar-refractivity contribution in [3.05, 3.63) is 65.4 Å². The van der Waals surface area contributed by atoms with Gasteiger partial charge >= 0.3 is 5.97 Å². The second kappa shape index (κ2) is 7.31. The molecule has 3 aromatic rings. The van der Waals surface area contributed by atoms with Crippen LogP contribution >= 0.6 is 0 Å². The molecule has 0 amide bonds. The molecular formula is C22H24N2O4S. The number of aryl methyl sites for hydroxylation is 1. The van der Waals surface area contributed by atoms with Crippen molar-refractivity contribution in [3.8, 4) is 0 Å². The van der Waals surface area contributed by atoms with E-state index in [0.29, 0.717) is 24.3 Å². The van der Waals surface area contributed by atoms with E-state index < -0.39 is 16.0 Å². The first kappa shape index (κ1) is 19.7. The van der Waals surface area contributed by atoms with Crippen LogP contribution in [0.1, 0.15) is 23.2 Å². The molecule has 1 aliphatic rings. The highest BCUT2D eigenvalue weighted by Gasteiger charge is 2.33. The number of sulfonamides is 1. The molecule has 0 unspecified atom stereocenters. The zero-order valence-electron chi connectivity index (χ0n) is 16.5. The van der Waals surface area contributed by atoms with Gasteiger partial charge in [-0.15, -0.1) is 0 Å². The van der Waals surface area contributed by atoms with E-state index in [1.165, 1.54) is 4.31 Å². The quantitative estimate of drug-likeness (QED) is 0.698. The maximum atomic E-state index is 13.1. The second-order valence-electron chi connectivity index (χ2n) is 7.65. The van der Waals surface area contributed by atoms with E-state index in [1.807, 2.05) is 31.2 Å². The highest BCUT2D eigenvalue weighted by molar-refractivity contribution is 7.89. The van der Waals surface area contributed by atoms with Gasteiger partial charge in [-0.05, 0) is 43.5 Å². The number of fused-ring (bicyclic) bond motifs is 3. The van der Waals surface area contributed by atoms with E-state index in [-0.39, 0.29) is 12.5 Å². The van der Waals surface area contributed by atoms with Gasteiger partial charge in [0.05, 0.1) is 11.3 Å². The van der Waals surface area contributed by atoms with Crippen LogP contribution < -0.4 is 0 Å². The molecule has 0 radical (unpaired) electrons. The second-order valence-corrected chi connectivity index (χ2v) is 9.65. The molecule has 6 nitrogen and oxygen atoms in total. The first-order valence-corrected chi connectivity index (χ1v) is 11.1. The lowest BCUT2D eigenvalue weighted by Crippen LogP contribution is -2.42. The molecule has 0 saturated carbocycles. The van der Waals surface area contributed by atoms with Crippen LogP contribution in [0.25, 0.3) is 10.9 Å².